The van der Waals surface area contributed by atoms with Gasteiger partial charge in [0.25, 0.3) is 0 Å². The van der Waals surface area contributed by atoms with Gasteiger partial charge in [0.2, 0.25) is 5.91 Å². The van der Waals surface area contributed by atoms with E-state index in [4.69, 9.17) is 10.5 Å². The van der Waals surface area contributed by atoms with Crippen molar-refractivity contribution in [1.82, 2.24) is 10.3 Å². The van der Waals surface area contributed by atoms with Crippen molar-refractivity contribution in [3.05, 3.63) is 54.2 Å². The van der Waals surface area contributed by atoms with E-state index < -0.39 is 6.04 Å². The average Bonchev–Trinajstić information content (AvgIpc) is 2.54. The summed E-state index contributed by atoms with van der Waals surface area (Å²) in [7, 11) is 1.52. The maximum Gasteiger partial charge on any atom is 0.239 e. The Kier molecular flexibility index (Phi) is 7.52. The molecule has 1 aromatic carbocycles. The first-order chi connectivity index (χ1) is 10.2. The van der Waals surface area contributed by atoms with Crippen LogP contribution in [0.5, 0.6) is 0 Å². The van der Waals surface area contributed by atoms with Crippen molar-refractivity contribution < 1.29 is 9.53 Å². The van der Waals surface area contributed by atoms with Gasteiger partial charge in [-0.05, 0) is 23.8 Å². The maximum atomic E-state index is 11.7. The Morgan fingerprint density at radius 2 is 2.14 bits per heavy atom. The quantitative estimate of drug-likeness (QED) is 0.850. The third kappa shape index (κ3) is 5.11. The van der Waals surface area contributed by atoms with Gasteiger partial charge in [-0.15, -0.1) is 12.4 Å². The van der Waals surface area contributed by atoms with Crippen LogP contribution in [-0.2, 0) is 16.1 Å². The van der Waals surface area contributed by atoms with Crippen molar-refractivity contribution in [3.63, 3.8) is 0 Å². The van der Waals surface area contributed by atoms with Crippen LogP contribution in [0.3, 0.4) is 0 Å². The summed E-state index contributed by atoms with van der Waals surface area (Å²) in [5, 5.41) is 2.80. The topological polar surface area (TPSA) is 77.2 Å². The fraction of sp³-hybridized carbons (Fsp3) is 0.250. The predicted octanol–water partition coefficient (Wildman–Crippen LogP) is 1.76. The lowest BCUT2D eigenvalue weighted by atomic mass is 10.1. The second kappa shape index (κ2) is 9.15. The summed E-state index contributed by atoms with van der Waals surface area (Å²) in [6.07, 6.45) is 1.76. The molecular formula is C16H20ClN3O2. The van der Waals surface area contributed by atoms with Gasteiger partial charge in [-0.3, -0.25) is 9.78 Å². The summed E-state index contributed by atoms with van der Waals surface area (Å²) in [6.45, 7) is 0.636. The Morgan fingerprint density at radius 1 is 1.32 bits per heavy atom. The number of hydrogen-bond donors (Lipinski definition) is 2. The number of amides is 1. The number of carbonyl (C=O) groups excluding carboxylic acids is 1. The first-order valence-electron chi connectivity index (χ1n) is 6.73. The molecule has 6 heteroatoms. The van der Waals surface area contributed by atoms with Gasteiger partial charge in [0.1, 0.15) is 6.04 Å². The molecule has 0 spiro atoms. The molecular weight excluding hydrogens is 302 g/mol. The average molecular weight is 322 g/mol. The maximum absolute atomic E-state index is 11.7. The Labute approximate surface area is 136 Å². The highest BCUT2D eigenvalue weighted by Gasteiger charge is 2.12. The van der Waals surface area contributed by atoms with Crippen LogP contribution >= 0.6 is 12.4 Å². The molecule has 2 aromatic rings. The number of ether oxygens (including phenoxy) is 1. The summed E-state index contributed by atoms with van der Waals surface area (Å²) < 4.78 is 4.86. The van der Waals surface area contributed by atoms with E-state index in [0.29, 0.717) is 6.54 Å². The zero-order chi connectivity index (χ0) is 15.1. The molecule has 1 heterocycles. The van der Waals surface area contributed by atoms with E-state index in [9.17, 15) is 4.79 Å². The summed E-state index contributed by atoms with van der Waals surface area (Å²) in [5.74, 6) is -0.222. The van der Waals surface area contributed by atoms with Gasteiger partial charge in [0, 0.05) is 25.4 Å². The van der Waals surface area contributed by atoms with Gasteiger partial charge < -0.3 is 15.8 Å². The first kappa shape index (κ1) is 18.1. The zero-order valence-electron chi connectivity index (χ0n) is 12.4. The lowest BCUT2D eigenvalue weighted by molar-refractivity contribution is -0.123. The third-order valence-electron chi connectivity index (χ3n) is 3.04. The monoisotopic (exact) mass is 321 g/mol. The highest BCUT2D eigenvalue weighted by molar-refractivity contribution is 5.85. The SMILES string of the molecule is COCC(N)C(=O)NCc1cccc(-c2ccccn2)c1.Cl. The fourth-order valence-corrected chi connectivity index (χ4v) is 1.95. The summed E-state index contributed by atoms with van der Waals surface area (Å²) in [5.41, 5.74) is 8.58. The van der Waals surface area contributed by atoms with Gasteiger partial charge in [-0.25, -0.2) is 0 Å². The van der Waals surface area contributed by atoms with Crippen molar-refractivity contribution in [1.29, 1.82) is 0 Å². The minimum absolute atomic E-state index is 0. The number of nitrogens with two attached hydrogens (primary N) is 1. The van der Waals surface area contributed by atoms with Crippen LogP contribution < -0.4 is 11.1 Å². The molecule has 0 fully saturated rings. The number of halogens is 1. The van der Waals surface area contributed by atoms with Gasteiger partial charge in [0.05, 0.1) is 12.3 Å². The minimum atomic E-state index is -0.644. The summed E-state index contributed by atoms with van der Waals surface area (Å²) >= 11 is 0. The van der Waals surface area contributed by atoms with Crippen LogP contribution in [0.4, 0.5) is 0 Å². The molecule has 1 unspecified atom stereocenters. The predicted molar refractivity (Wildman–Crippen MR) is 88.6 cm³/mol. The third-order valence-corrected chi connectivity index (χ3v) is 3.04. The second-order valence-electron chi connectivity index (χ2n) is 4.69. The molecule has 1 atom stereocenters. The standard InChI is InChI=1S/C16H19N3O2.ClH/c1-21-11-14(17)16(20)19-10-12-5-4-6-13(9-12)15-7-2-3-8-18-15;/h2-9,14H,10-11,17H2,1H3,(H,19,20);1H. The van der Waals surface area contributed by atoms with E-state index in [1.54, 1.807) is 6.20 Å². The molecule has 1 aromatic heterocycles. The number of rotatable bonds is 6. The number of nitrogens with zero attached hydrogens (tertiary/aromatic N) is 1. The molecule has 2 rings (SSSR count). The normalized spacial score (nSPS) is 11.4. The number of hydrogen-bond acceptors (Lipinski definition) is 4. The van der Waals surface area contributed by atoms with Gasteiger partial charge in [-0.1, -0.05) is 24.3 Å². The smallest absolute Gasteiger partial charge is 0.239 e. The molecule has 118 valence electrons. The Balaban J connectivity index is 0.00000242. The van der Waals surface area contributed by atoms with Crippen LogP contribution in [0, 0.1) is 0 Å². The fourth-order valence-electron chi connectivity index (χ4n) is 1.95. The van der Waals surface area contributed by atoms with Crippen LogP contribution in [0.15, 0.2) is 48.7 Å². The van der Waals surface area contributed by atoms with E-state index in [2.05, 4.69) is 10.3 Å². The van der Waals surface area contributed by atoms with Crippen LogP contribution in [0.25, 0.3) is 11.3 Å². The molecule has 0 saturated carbocycles. The number of pyridine rings is 1. The van der Waals surface area contributed by atoms with E-state index in [0.717, 1.165) is 16.8 Å². The lowest BCUT2D eigenvalue weighted by Gasteiger charge is -2.11. The first-order valence-corrected chi connectivity index (χ1v) is 6.73. The van der Waals surface area contributed by atoms with Gasteiger partial charge in [-0.2, -0.15) is 0 Å². The molecule has 0 bridgehead atoms. The number of methoxy groups -OCH3 is 1. The van der Waals surface area contributed by atoms with Gasteiger partial charge in [0.15, 0.2) is 0 Å². The Bertz CT molecular complexity index is 593. The van der Waals surface area contributed by atoms with E-state index in [1.807, 2.05) is 42.5 Å². The largest absolute Gasteiger partial charge is 0.383 e. The van der Waals surface area contributed by atoms with Crippen molar-refractivity contribution >= 4 is 18.3 Å². The molecule has 1 amide bonds. The highest BCUT2D eigenvalue weighted by atomic mass is 35.5. The molecule has 0 saturated heterocycles. The lowest BCUT2D eigenvalue weighted by Crippen LogP contribution is -2.43. The molecule has 0 aliphatic carbocycles. The summed E-state index contributed by atoms with van der Waals surface area (Å²) in [4.78, 5) is 16.0. The molecule has 0 aliphatic heterocycles. The Hall–Kier alpha value is -1.95. The highest BCUT2D eigenvalue weighted by Crippen LogP contribution is 2.17. The number of nitrogens with one attached hydrogen (secondary N) is 1. The van der Waals surface area contributed by atoms with Crippen molar-refractivity contribution in [3.8, 4) is 11.3 Å². The molecule has 0 radical (unpaired) electrons. The molecule has 0 aliphatic rings. The number of carbonyl (C=O) groups is 1. The number of benzene rings is 1. The molecule has 5 nitrogen and oxygen atoms in total. The van der Waals surface area contributed by atoms with Gasteiger partial charge >= 0.3 is 0 Å². The molecule has 3 N–H and O–H groups in total. The van der Waals surface area contributed by atoms with E-state index in [1.165, 1.54) is 7.11 Å². The summed E-state index contributed by atoms with van der Waals surface area (Å²) in [6, 6.07) is 13.0. The second-order valence-corrected chi connectivity index (χ2v) is 4.69. The van der Waals surface area contributed by atoms with Crippen LogP contribution in [-0.4, -0.2) is 30.6 Å². The molecule has 22 heavy (non-hydrogen) atoms. The van der Waals surface area contributed by atoms with Crippen molar-refractivity contribution in [2.75, 3.05) is 13.7 Å². The van der Waals surface area contributed by atoms with Crippen LogP contribution in [0.2, 0.25) is 0 Å². The zero-order valence-corrected chi connectivity index (χ0v) is 13.2. The van der Waals surface area contributed by atoms with Crippen molar-refractivity contribution in [2.45, 2.75) is 12.6 Å². The minimum Gasteiger partial charge on any atom is -0.383 e. The number of aromatic nitrogens is 1. The van der Waals surface area contributed by atoms with E-state index in [-0.39, 0.29) is 24.9 Å². The van der Waals surface area contributed by atoms with E-state index >= 15 is 0 Å². The van der Waals surface area contributed by atoms with Crippen LogP contribution in [0.1, 0.15) is 5.56 Å². The van der Waals surface area contributed by atoms with Crippen molar-refractivity contribution in [2.24, 2.45) is 5.73 Å². The Morgan fingerprint density at radius 3 is 2.82 bits per heavy atom.